The lowest BCUT2D eigenvalue weighted by Crippen LogP contribution is -2.48. The van der Waals surface area contributed by atoms with E-state index in [1.165, 1.54) is 4.31 Å². The van der Waals surface area contributed by atoms with Gasteiger partial charge in [-0.2, -0.15) is 4.31 Å². The Morgan fingerprint density at radius 2 is 2.19 bits per heavy atom. The zero-order valence-corrected chi connectivity index (χ0v) is 13.5. The molecular formula is C14H24N2O4S. The first-order chi connectivity index (χ1) is 10.1. The molecule has 1 aromatic heterocycles. The summed E-state index contributed by atoms with van der Waals surface area (Å²) in [5.41, 5.74) is 0. The molecule has 1 aromatic rings. The Morgan fingerprint density at radius 3 is 2.90 bits per heavy atom. The van der Waals surface area contributed by atoms with E-state index in [0.29, 0.717) is 32.1 Å². The molecule has 0 aliphatic carbocycles. The van der Waals surface area contributed by atoms with Crippen LogP contribution in [0, 0.1) is 0 Å². The predicted octanol–water partition coefficient (Wildman–Crippen LogP) is 1.58. The lowest BCUT2D eigenvalue weighted by molar-refractivity contribution is 0.0307. The summed E-state index contributed by atoms with van der Waals surface area (Å²) in [7, 11) is -3.57. The number of rotatable bonds is 7. The predicted molar refractivity (Wildman–Crippen MR) is 79.5 cm³/mol. The van der Waals surface area contributed by atoms with E-state index in [4.69, 9.17) is 9.15 Å². The van der Waals surface area contributed by atoms with Crippen LogP contribution < -0.4 is 5.32 Å². The Labute approximate surface area is 126 Å². The van der Waals surface area contributed by atoms with Crippen LogP contribution in [0.1, 0.15) is 32.4 Å². The first kappa shape index (κ1) is 16.5. The summed E-state index contributed by atoms with van der Waals surface area (Å²) in [6, 6.07) is 3.15. The van der Waals surface area contributed by atoms with E-state index < -0.39 is 10.0 Å². The van der Waals surface area contributed by atoms with Gasteiger partial charge in [0.25, 0.3) is 10.0 Å². The summed E-state index contributed by atoms with van der Waals surface area (Å²) in [5.74, 6) is 0.642. The Kier molecular flexibility index (Phi) is 5.80. The standard InChI is InChI=1S/C14H24N2O4S/c1-3-7-15-10-13-5-6-14(20-13)21(17,18)16-8-9-19-11-12(16)4-2/h5-6,12,15H,3-4,7-11H2,1-2H3. The Hall–Kier alpha value is -0.890. The highest BCUT2D eigenvalue weighted by atomic mass is 32.2. The summed E-state index contributed by atoms with van der Waals surface area (Å²) < 4.78 is 37.7. The summed E-state index contributed by atoms with van der Waals surface area (Å²) in [4.78, 5) is 0. The van der Waals surface area contributed by atoms with Gasteiger partial charge in [-0.1, -0.05) is 13.8 Å². The molecule has 21 heavy (non-hydrogen) atoms. The van der Waals surface area contributed by atoms with E-state index in [1.807, 2.05) is 6.92 Å². The maximum atomic E-state index is 12.7. The van der Waals surface area contributed by atoms with Crippen molar-refractivity contribution in [3.8, 4) is 0 Å². The topological polar surface area (TPSA) is 71.8 Å². The number of nitrogens with one attached hydrogen (secondary N) is 1. The molecule has 1 fully saturated rings. The van der Waals surface area contributed by atoms with Gasteiger partial charge in [-0.3, -0.25) is 0 Å². The zero-order valence-electron chi connectivity index (χ0n) is 12.7. The normalized spacial score (nSPS) is 20.8. The van der Waals surface area contributed by atoms with Gasteiger partial charge in [-0.15, -0.1) is 0 Å². The quantitative estimate of drug-likeness (QED) is 0.773. The second-order valence-corrected chi connectivity index (χ2v) is 6.97. The molecule has 2 rings (SSSR count). The molecule has 1 atom stereocenters. The number of nitrogens with zero attached hydrogens (tertiary/aromatic N) is 1. The van der Waals surface area contributed by atoms with Crippen LogP contribution in [0.3, 0.4) is 0 Å². The molecule has 0 saturated carbocycles. The van der Waals surface area contributed by atoms with Gasteiger partial charge in [0.2, 0.25) is 5.09 Å². The highest BCUT2D eigenvalue weighted by molar-refractivity contribution is 7.89. The smallest absolute Gasteiger partial charge is 0.276 e. The van der Waals surface area contributed by atoms with Gasteiger partial charge in [0.05, 0.1) is 19.8 Å². The number of hydrogen-bond donors (Lipinski definition) is 1. The fourth-order valence-corrected chi connectivity index (χ4v) is 3.97. The minimum Gasteiger partial charge on any atom is -0.447 e. The van der Waals surface area contributed by atoms with Gasteiger partial charge in [0, 0.05) is 12.6 Å². The third kappa shape index (κ3) is 3.85. The Morgan fingerprint density at radius 1 is 1.38 bits per heavy atom. The van der Waals surface area contributed by atoms with Crippen molar-refractivity contribution in [1.29, 1.82) is 0 Å². The Balaban J connectivity index is 2.11. The van der Waals surface area contributed by atoms with Crippen LogP contribution in [0.15, 0.2) is 21.6 Å². The van der Waals surface area contributed by atoms with Crippen LogP contribution >= 0.6 is 0 Å². The van der Waals surface area contributed by atoms with E-state index in [1.54, 1.807) is 12.1 Å². The van der Waals surface area contributed by atoms with E-state index in [9.17, 15) is 8.42 Å². The van der Waals surface area contributed by atoms with Crippen LogP contribution in [0.25, 0.3) is 0 Å². The summed E-state index contributed by atoms with van der Waals surface area (Å²) in [5, 5.41) is 3.22. The molecule has 0 spiro atoms. The highest BCUT2D eigenvalue weighted by Gasteiger charge is 2.35. The molecule has 1 N–H and O–H groups in total. The van der Waals surface area contributed by atoms with Gasteiger partial charge < -0.3 is 14.5 Å². The van der Waals surface area contributed by atoms with Crippen LogP contribution in [-0.4, -0.2) is 45.1 Å². The minimum atomic E-state index is -3.57. The van der Waals surface area contributed by atoms with Gasteiger partial charge >= 0.3 is 0 Å². The third-order valence-electron chi connectivity index (χ3n) is 3.57. The summed E-state index contributed by atoms with van der Waals surface area (Å²) in [6.07, 6.45) is 1.75. The molecule has 120 valence electrons. The SMILES string of the molecule is CCCNCc1ccc(S(=O)(=O)N2CCOCC2CC)o1. The second-order valence-electron chi connectivity index (χ2n) is 5.15. The lowest BCUT2D eigenvalue weighted by Gasteiger charge is -2.33. The van der Waals surface area contributed by atoms with Crippen molar-refractivity contribution in [3.63, 3.8) is 0 Å². The van der Waals surface area contributed by atoms with E-state index in [2.05, 4.69) is 12.2 Å². The third-order valence-corrected chi connectivity index (χ3v) is 5.40. The van der Waals surface area contributed by atoms with Crippen molar-refractivity contribution >= 4 is 10.0 Å². The number of sulfonamides is 1. The fourth-order valence-electron chi connectivity index (χ4n) is 2.37. The van der Waals surface area contributed by atoms with Crippen molar-refractivity contribution in [1.82, 2.24) is 9.62 Å². The molecule has 1 saturated heterocycles. The van der Waals surface area contributed by atoms with Gasteiger partial charge in [0.15, 0.2) is 0 Å². The molecule has 1 aliphatic heterocycles. The van der Waals surface area contributed by atoms with Crippen molar-refractivity contribution < 1.29 is 17.6 Å². The maximum absolute atomic E-state index is 12.7. The molecule has 6 nitrogen and oxygen atoms in total. The average molecular weight is 316 g/mol. The molecule has 1 aliphatic rings. The number of ether oxygens (including phenoxy) is 1. The van der Waals surface area contributed by atoms with Crippen LogP contribution in [0.5, 0.6) is 0 Å². The van der Waals surface area contributed by atoms with E-state index in [-0.39, 0.29) is 11.1 Å². The van der Waals surface area contributed by atoms with Crippen molar-refractivity contribution in [2.75, 3.05) is 26.3 Å². The van der Waals surface area contributed by atoms with Crippen molar-refractivity contribution in [3.05, 3.63) is 17.9 Å². The number of morpholine rings is 1. The zero-order chi connectivity index (χ0) is 15.3. The van der Waals surface area contributed by atoms with Gasteiger partial charge in [0.1, 0.15) is 5.76 Å². The molecule has 2 heterocycles. The van der Waals surface area contributed by atoms with Crippen molar-refractivity contribution in [2.45, 2.75) is 44.4 Å². The molecule has 7 heteroatoms. The second kappa shape index (κ2) is 7.40. The molecule has 0 bridgehead atoms. The molecule has 0 radical (unpaired) electrons. The number of furan rings is 1. The average Bonchev–Trinajstić information content (AvgIpc) is 2.97. The molecular weight excluding hydrogens is 292 g/mol. The van der Waals surface area contributed by atoms with Gasteiger partial charge in [-0.25, -0.2) is 8.42 Å². The largest absolute Gasteiger partial charge is 0.447 e. The van der Waals surface area contributed by atoms with Crippen LogP contribution in [0.4, 0.5) is 0 Å². The first-order valence-corrected chi connectivity index (χ1v) is 8.92. The van der Waals surface area contributed by atoms with Crippen LogP contribution in [0.2, 0.25) is 0 Å². The lowest BCUT2D eigenvalue weighted by atomic mass is 10.2. The fraction of sp³-hybridized carbons (Fsp3) is 0.714. The number of hydrogen-bond acceptors (Lipinski definition) is 5. The molecule has 0 amide bonds. The molecule has 0 aromatic carbocycles. The van der Waals surface area contributed by atoms with E-state index >= 15 is 0 Å². The van der Waals surface area contributed by atoms with Crippen LogP contribution in [-0.2, 0) is 21.3 Å². The highest BCUT2D eigenvalue weighted by Crippen LogP contribution is 2.23. The van der Waals surface area contributed by atoms with Gasteiger partial charge in [-0.05, 0) is 31.5 Å². The summed E-state index contributed by atoms with van der Waals surface area (Å²) >= 11 is 0. The monoisotopic (exact) mass is 316 g/mol. The van der Waals surface area contributed by atoms with E-state index in [0.717, 1.165) is 19.4 Å². The van der Waals surface area contributed by atoms with Crippen molar-refractivity contribution in [2.24, 2.45) is 0 Å². The Bertz CT molecular complexity index is 541. The first-order valence-electron chi connectivity index (χ1n) is 7.48. The molecule has 1 unspecified atom stereocenters. The maximum Gasteiger partial charge on any atom is 0.276 e. The summed E-state index contributed by atoms with van der Waals surface area (Å²) in [6.45, 7) is 6.72. The minimum absolute atomic E-state index is 0.0242.